The van der Waals surface area contributed by atoms with Crippen LogP contribution in [-0.4, -0.2) is 51.9 Å². The van der Waals surface area contributed by atoms with E-state index < -0.39 is 23.9 Å². The summed E-state index contributed by atoms with van der Waals surface area (Å²) in [4.78, 5) is 41.1. The van der Waals surface area contributed by atoms with E-state index in [9.17, 15) is 14.4 Å². The SMILES string of the molecule is CCn1c(-c2ccc(CNC(=O)[C@@H]3OC(C)(C)O[C@H]3C(=O)N3CCC[C@@H]3C3=CC(Cl)=CCC3)cc2)cccc1=O. The minimum Gasteiger partial charge on any atom is -0.350 e. The number of carbonyl (C=O) groups excluding carboxylic acids is 2. The maximum absolute atomic E-state index is 13.7. The number of allylic oxidation sites excluding steroid dienone is 3. The second-order valence-corrected chi connectivity index (χ2v) is 11.4. The molecule has 1 aliphatic carbocycles. The van der Waals surface area contributed by atoms with Gasteiger partial charge in [-0.05, 0) is 75.3 Å². The van der Waals surface area contributed by atoms with Crippen LogP contribution in [0, 0.1) is 0 Å². The smallest absolute Gasteiger partial charge is 0.255 e. The lowest BCUT2D eigenvalue weighted by molar-refractivity contribution is -0.163. The van der Waals surface area contributed by atoms with Gasteiger partial charge in [-0.15, -0.1) is 0 Å². The molecule has 2 aliphatic heterocycles. The standard InChI is InChI=1S/C31H36ClN3O5/c1-4-34-24(10-6-12-26(34)36)21-15-13-20(14-16-21)19-33-29(37)27-28(40-31(2,3)39-27)30(38)35-17-7-11-25(35)22-8-5-9-23(32)18-22/h6,9-10,12-16,18,25,27-28H,4-5,7-8,11,17,19H2,1-3H3,(H,33,37)/t25-,27-,28-/m1/s1. The van der Waals surface area contributed by atoms with E-state index in [1.54, 1.807) is 30.5 Å². The van der Waals surface area contributed by atoms with Crippen LogP contribution in [0.25, 0.3) is 11.3 Å². The van der Waals surface area contributed by atoms with Crippen LogP contribution in [0.2, 0.25) is 0 Å². The average Bonchev–Trinajstić information content (AvgIpc) is 3.56. The molecular formula is C31H36ClN3O5. The molecule has 9 heteroatoms. The molecule has 1 N–H and O–H groups in total. The largest absolute Gasteiger partial charge is 0.350 e. The zero-order valence-corrected chi connectivity index (χ0v) is 23.9. The number of hydrogen-bond donors (Lipinski definition) is 1. The van der Waals surface area contributed by atoms with Crippen LogP contribution in [-0.2, 0) is 32.2 Å². The minimum atomic E-state index is -1.07. The highest BCUT2D eigenvalue weighted by molar-refractivity contribution is 6.31. The predicted octanol–water partition coefficient (Wildman–Crippen LogP) is 4.51. The van der Waals surface area contributed by atoms with Gasteiger partial charge in [0, 0.05) is 30.7 Å². The second kappa shape index (κ2) is 11.7. The summed E-state index contributed by atoms with van der Waals surface area (Å²) in [5.74, 6) is -1.69. The average molecular weight is 566 g/mol. The molecule has 3 heterocycles. The molecule has 0 saturated carbocycles. The number of likely N-dealkylation sites (tertiary alicyclic amines) is 1. The first-order valence-corrected chi connectivity index (χ1v) is 14.3. The molecule has 2 saturated heterocycles. The molecule has 0 radical (unpaired) electrons. The third kappa shape index (κ3) is 5.94. The number of ether oxygens (including phenoxy) is 2. The second-order valence-electron chi connectivity index (χ2n) is 10.9. The zero-order chi connectivity index (χ0) is 28.4. The number of benzene rings is 1. The fourth-order valence-electron chi connectivity index (χ4n) is 5.84. The molecule has 212 valence electrons. The Morgan fingerprint density at radius 3 is 2.58 bits per heavy atom. The molecule has 0 bridgehead atoms. The van der Waals surface area contributed by atoms with E-state index in [1.807, 2.05) is 54.3 Å². The minimum absolute atomic E-state index is 0.0431. The summed E-state index contributed by atoms with van der Waals surface area (Å²) >= 11 is 6.26. The van der Waals surface area contributed by atoms with E-state index in [-0.39, 0.29) is 24.1 Å². The maximum atomic E-state index is 13.7. The van der Waals surface area contributed by atoms with Crippen LogP contribution >= 0.6 is 11.6 Å². The molecule has 0 unspecified atom stereocenters. The Labute approximate surface area is 239 Å². The normalized spacial score (nSPS) is 24.0. The van der Waals surface area contributed by atoms with Gasteiger partial charge in [-0.1, -0.05) is 48.0 Å². The fraction of sp³-hybridized carbons (Fsp3) is 0.452. The van der Waals surface area contributed by atoms with E-state index in [4.69, 9.17) is 21.1 Å². The Morgan fingerprint density at radius 1 is 1.10 bits per heavy atom. The molecular weight excluding hydrogens is 530 g/mol. The van der Waals surface area contributed by atoms with Crippen molar-refractivity contribution in [2.75, 3.05) is 6.54 Å². The van der Waals surface area contributed by atoms with Gasteiger partial charge in [0.25, 0.3) is 17.4 Å². The van der Waals surface area contributed by atoms with Crippen molar-refractivity contribution in [3.63, 3.8) is 0 Å². The topological polar surface area (TPSA) is 89.9 Å². The summed E-state index contributed by atoms with van der Waals surface area (Å²) in [6.45, 7) is 6.82. The third-order valence-corrected chi connectivity index (χ3v) is 8.00. The Balaban J connectivity index is 1.26. The quantitative estimate of drug-likeness (QED) is 0.534. The van der Waals surface area contributed by atoms with Crippen molar-refractivity contribution in [1.82, 2.24) is 14.8 Å². The number of carbonyl (C=O) groups is 2. The number of rotatable bonds is 7. The van der Waals surface area contributed by atoms with Crippen molar-refractivity contribution in [2.45, 2.75) is 83.6 Å². The van der Waals surface area contributed by atoms with Crippen LogP contribution in [0.4, 0.5) is 0 Å². The first-order chi connectivity index (χ1) is 19.2. The highest BCUT2D eigenvalue weighted by Crippen LogP contribution is 2.35. The molecule has 8 nitrogen and oxygen atoms in total. The number of hydrogen-bond acceptors (Lipinski definition) is 5. The Hall–Kier alpha value is -3.20. The molecule has 1 aromatic heterocycles. The van der Waals surface area contributed by atoms with E-state index >= 15 is 0 Å². The van der Waals surface area contributed by atoms with Gasteiger partial charge < -0.3 is 24.3 Å². The van der Waals surface area contributed by atoms with Gasteiger partial charge in [0.05, 0.1) is 11.7 Å². The summed E-state index contributed by atoms with van der Waals surface area (Å²) in [6.07, 6.45) is 5.33. The van der Waals surface area contributed by atoms with E-state index in [1.165, 1.54) is 0 Å². The van der Waals surface area contributed by atoms with Crippen molar-refractivity contribution in [2.24, 2.45) is 0 Å². The number of pyridine rings is 1. The summed E-state index contributed by atoms with van der Waals surface area (Å²) in [6, 6.07) is 12.9. The van der Waals surface area contributed by atoms with E-state index in [2.05, 4.69) is 5.32 Å². The Morgan fingerprint density at radius 2 is 1.85 bits per heavy atom. The van der Waals surface area contributed by atoms with Crippen LogP contribution in [0.1, 0.15) is 52.0 Å². The molecule has 2 aromatic rings. The van der Waals surface area contributed by atoms with Gasteiger partial charge in [0.1, 0.15) is 0 Å². The molecule has 2 amide bonds. The number of amides is 2. The first kappa shape index (κ1) is 28.3. The fourth-order valence-corrected chi connectivity index (χ4v) is 6.09. The Bertz CT molecular complexity index is 1390. The zero-order valence-electron chi connectivity index (χ0n) is 23.2. The Kier molecular flexibility index (Phi) is 8.31. The number of halogens is 1. The number of nitrogens with zero attached hydrogens (tertiary/aromatic N) is 2. The van der Waals surface area contributed by atoms with Crippen LogP contribution in [0.5, 0.6) is 0 Å². The third-order valence-electron chi connectivity index (χ3n) is 7.74. The molecule has 3 atom stereocenters. The van der Waals surface area contributed by atoms with Crippen molar-refractivity contribution in [3.05, 3.63) is 81.1 Å². The lowest BCUT2D eigenvalue weighted by Gasteiger charge is -2.30. The number of nitrogens with one attached hydrogen (secondary N) is 1. The van der Waals surface area contributed by atoms with Crippen LogP contribution in [0.3, 0.4) is 0 Å². The summed E-state index contributed by atoms with van der Waals surface area (Å²) < 4.78 is 13.7. The molecule has 0 spiro atoms. The van der Waals surface area contributed by atoms with Gasteiger partial charge in [-0.3, -0.25) is 14.4 Å². The van der Waals surface area contributed by atoms with Gasteiger partial charge >= 0.3 is 0 Å². The van der Waals surface area contributed by atoms with Gasteiger partial charge in [-0.25, -0.2) is 0 Å². The molecule has 2 fully saturated rings. The van der Waals surface area contributed by atoms with E-state index in [0.29, 0.717) is 18.1 Å². The monoisotopic (exact) mass is 565 g/mol. The predicted molar refractivity (Wildman–Crippen MR) is 153 cm³/mol. The van der Waals surface area contributed by atoms with Crippen molar-refractivity contribution >= 4 is 23.4 Å². The van der Waals surface area contributed by atoms with Crippen molar-refractivity contribution in [3.8, 4) is 11.3 Å². The first-order valence-electron chi connectivity index (χ1n) is 14.0. The van der Waals surface area contributed by atoms with Gasteiger partial charge in [0.2, 0.25) is 0 Å². The van der Waals surface area contributed by atoms with Gasteiger partial charge in [-0.2, -0.15) is 0 Å². The van der Waals surface area contributed by atoms with Gasteiger partial charge in [0.15, 0.2) is 18.0 Å². The maximum Gasteiger partial charge on any atom is 0.255 e. The highest BCUT2D eigenvalue weighted by Gasteiger charge is 2.51. The van der Waals surface area contributed by atoms with Crippen molar-refractivity contribution < 1.29 is 19.1 Å². The summed E-state index contributed by atoms with van der Waals surface area (Å²) in [5.41, 5.74) is 3.74. The van der Waals surface area contributed by atoms with Crippen LogP contribution in [0.15, 0.2) is 70.0 Å². The summed E-state index contributed by atoms with van der Waals surface area (Å²) in [7, 11) is 0. The van der Waals surface area contributed by atoms with Crippen LogP contribution < -0.4 is 10.9 Å². The summed E-state index contributed by atoms with van der Waals surface area (Å²) in [5, 5.41) is 3.62. The molecule has 3 aliphatic rings. The molecule has 40 heavy (non-hydrogen) atoms. The van der Waals surface area contributed by atoms with E-state index in [0.717, 1.165) is 48.1 Å². The lowest BCUT2D eigenvalue weighted by Crippen LogP contribution is -2.50. The highest BCUT2D eigenvalue weighted by atomic mass is 35.5. The lowest BCUT2D eigenvalue weighted by atomic mass is 9.95. The molecule has 1 aromatic carbocycles. The van der Waals surface area contributed by atoms with Crippen molar-refractivity contribution in [1.29, 1.82) is 0 Å². The number of aromatic nitrogens is 1. The molecule has 5 rings (SSSR count).